The molecular formula is C22H24N2O5. The van der Waals surface area contributed by atoms with Crippen LogP contribution in [0.5, 0.6) is 5.75 Å². The topological polar surface area (TPSA) is 93.7 Å². The first-order valence-electron chi connectivity index (χ1n) is 9.18. The maximum atomic E-state index is 12.5. The molecule has 0 radical (unpaired) electrons. The molecule has 0 heterocycles. The SMILES string of the molecule is CCOc1ccccc1NC(=O)[C@@H](C)OC(=O)/C(=C/c1ccccc1)NC(C)=O. The Morgan fingerprint density at radius 2 is 1.69 bits per heavy atom. The van der Waals surface area contributed by atoms with Crippen molar-refractivity contribution in [3.63, 3.8) is 0 Å². The molecule has 7 nitrogen and oxygen atoms in total. The van der Waals surface area contributed by atoms with E-state index in [1.54, 1.807) is 48.5 Å². The average Bonchev–Trinajstić information content (AvgIpc) is 2.69. The van der Waals surface area contributed by atoms with Crippen LogP contribution >= 0.6 is 0 Å². The van der Waals surface area contributed by atoms with E-state index in [0.717, 1.165) is 0 Å². The van der Waals surface area contributed by atoms with Crippen LogP contribution in [0.3, 0.4) is 0 Å². The third kappa shape index (κ3) is 6.80. The maximum absolute atomic E-state index is 12.5. The van der Waals surface area contributed by atoms with Gasteiger partial charge in [0.2, 0.25) is 5.91 Å². The van der Waals surface area contributed by atoms with Gasteiger partial charge in [-0.2, -0.15) is 0 Å². The molecule has 0 aliphatic carbocycles. The standard InChI is InChI=1S/C22H24N2O5/c1-4-28-20-13-9-8-12-18(20)24-21(26)15(2)29-22(27)19(23-16(3)25)14-17-10-6-5-7-11-17/h5-15H,4H2,1-3H3,(H,23,25)(H,24,26)/b19-14-/t15-/m1/s1. The van der Waals surface area contributed by atoms with E-state index in [1.165, 1.54) is 19.9 Å². The van der Waals surface area contributed by atoms with Crippen molar-refractivity contribution in [2.45, 2.75) is 26.9 Å². The second-order valence-corrected chi connectivity index (χ2v) is 6.12. The summed E-state index contributed by atoms with van der Waals surface area (Å²) in [7, 11) is 0. The predicted octanol–water partition coefficient (Wildman–Crippen LogP) is 3.13. The number of nitrogens with one attached hydrogen (secondary N) is 2. The smallest absolute Gasteiger partial charge is 0.355 e. The van der Waals surface area contributed by atoms with Crippen LogP contribution in [0.25, 0.3) is 6.08 Å². The molecule has 2 aromatic rings. The molecule has 2 aromatic carbocycles. The molecule has 1 atom stereocenters. The fourth-order valence-electron chi connectivity index (χ4n) is 2.41. The Balaban J connectivity index is 2.09. The van der Waals surface area contributed by atoms with Gasteiger partial charge >= 0.3 is 5.97 Å². The van der Waals surface area contributed by atoms with Crippen LogP contribution < -0.4 is 15.4 Å². The molecule has 0 saturated carbocycles. The summed E-state index contributed by atoms with van der Waals surface area (Å²) in [5.41, 5.74) is 1.12. The van der Waals surface area contributed by atoms with Gasteiger partial charge in [0.25, 0.3) is 5.91 Å². The molecule has 0 aliphatic rings. The summed E-state index contributed by atoms with van der Waals surface area (Å²) >= 11 is 0. The van der Waals surface area contributed by atoms with Crippen molar-refractivity contribution in [2.24, 2.45) is 0 Å². The number of ether oxygens (including phenoxy) is 2. The van der Waals surface area contributed by atoms with E-state index in [-0.39, 0.29) is 5.70 Å². The summed E-state index contributed by atoms with van der Waals surface area (Å²) < 4.78 is 10.7. The predicted molar refractivity (Wildman–Crippen MR) is 110 cm³/mol. The van der Waals surface area contributed by atoms with Crippen molar-refractivity contribution in [3.8, 4) is 5.75 Å². The highest BCUT2D eigenvalue weighted by atomic mass is 16.5. The molecule has 29 heavy (non-hydrogen) atoms. The molecule has 7 heteroatoms. The Hall–Kier alpha value is -3.61. The third-order valence-electron chi connectivity index (χ3n) is 3.74. The highest BCUT2D eigenvalue weighted by Crippen LogP contribution is 2.24. The second kappa shape index (κ2) is 10.7. The lowest BCUT2D eigenvalue weighted by molar-refractivity contribution is -0.149. The van der Waals surface area contributed by atoms with Crippen molar-refractivity contribution in [3.05, 3.63) is 65.9 Å². The number of hydrogen-bond acceptors (Lipinski definition) is 5. The van der Waals surface area contributed by atoms with Crippen LogP contribution in [0.15, 0.2) is 60.3 Å². The maximum Gasteiger partial charge on any atom is 0.355 e. The molecule has 0 spiro atoms. The zero-order valence-corrected chi connectivity index (χ0v) is 16.6. The van der Waals surface area contributed by atoms with Gasteiger partial charge < -0.3 is 20.1 Å². The van der Waals surface area contributed by atoms with Gasteiger partial charge in [0.05, 0.1) is 12.3 Å². The number of para-hydroxylation sites is 2. The van der Waals surface area contributed by atoms with Crippen LogP contribution in [-0.2, 0) is 19.1 Å². The first kappa shape index (κ1) is 21.7. The summed E-state index contributed by atoms with van der Waals surface area (Å²) in [5, 5.41) is 5.13. The van der Waals surface area contributed by atoms with Crippen LogP contribution in [0.2, 0.25) is 0 Å². The molecule has 0 saturated heterocycles. The summed E-state index contributed by atoms with van der Waals surface area (Å²) in [6.45, 7) is 5.02. The second-order valence-electron chi connectivity index (χ2n) is 6.12. The minimum atomic E-state index is -1.09. The summed E-state index contributed by atoms with van der Waals surface area (Å²) in [4.78, 5) is 36.4. The van der Waals surface area contributed by atoms with Gasteiger partial charge in [0, 0.05) is 6.92 Å². The molecule has 2 N–H and O–H groups in total. The summed E-state index contributed by atoms with van der Waals surface area (Å²) in [6.07, 6.45) is 0.392. The van der Waals surface area contributed by atoms with Crippen LogP contribution in [0.1, 0.15) is 26.3 Å². The van der Waals surface area contributed by atoms with Crippen molar-refractivity contribution in [1.82, 2.24) is 5.32 Å². The number of benzene rings is 2. The Morgan fingerprint density at radius 1 is 1.03 bits per heavy atom. The number of rotatable bonds is 8. The minimum absolute atomic E-state index is 0.0573. The monoisotopic (exact) mass is 396 g/mol. The van der Waals surface area contributed by atoms with Crippen molar-refractivity contribution in [2.75, 3.05) is 11.9 Å². The van der Waals surface area contributed by atoms with Gasteiger partial charge in [0.15, 0.2) is 6.10 Å². The minimum Gasteiger partial charge on any atom is -0.492 e. The zero-order valence-electron chi connectivity index (χ0n) is 16.6. The van der Waals surface area contributed by atoms with E-state index < -0.39 is 23.9 Å². The highest BCUT2D eigenvalue weighted by molar-refractivity contribution is 6.01. The van der Waals surface area contributed by atoms with Gasteiger partial charge in [-0.3, -0.25) is 9.59 Å². The summed E-state index contributed by atoms with van der Waals surface area (Å²) in [5.74, 6) is -1.24. The number of carbonyl (C=O) groups is 3. The Kier molecular flexibility index (Phi) is 7.97. The largest absolute Gasteiger partial charge is 0.492 e. The van der Waals surface area contributed by atoms with Crippen LogP contribution in [0.4, 0.5) is 5.69 Å². The van der Waals surface area contributed by atoms with Gasteiger partial charge in [-0.05, 0) is 37.6 Å². The Morgan fingerprint density at radius 3 is 2.34 bits per heavy atom. The van der Waals surface area contributed by atoms with Gasteiger partial charge in [0.1, 0.15) is 11.4 Å². The molecule has 2 rings (SSSR count). The van der Waals surface area contributed by atoms with Crippen LogP contribution in [0, 0.1) is 0 Å². The number of carbonyl (C=O) groups excluding carboxylic acids is 3. The number of amides is 2. The summed E-state index contributed by atoms with van der Waals surface area (Å²) in [6, 6.07) is 15.9. The van der Waals surface area contributed by atoms with E-state index in [0.29, 0.717) is 23.6 Å². The van der Waals surface area contributed by atoms with Gasteiger partial charge in [-0.15, -0.1) is 0 Å². The van der Waals surface area contributed by atoms with E-state index in [9.17, 15) is 14.4 Å². The zero-order chi connectivity index (χ0) is 21.2. The van der Waals surface area contributed by atoms with Crippen LogP contribution in [-0.4, -0.2) is 30.5 Å². The molecule has 2 amide bonds. The molecule has 152 valence electrons. The van der Waals surface area contributed by atoms with Crippen molar-refractivity contribution < 1.29 is 23.9 Å². The molecule has 0 bridgehead atoms. The lowest BCUT2D eigenvalue weighted by atomic mass is 10.2. The lowest BCUT2D eigenvalue weighted by Crippen LogP contribution is -2.33. The fraction of sp³-hybridized carbons (Fsp3) is 0.227. The number of anilines is 1. The normalized spacial score (nSPS) is 11.9. The molecule has 0 fully saturated rings. The number of hydrogen-bond donors (Lipinski definition) is 2. The number of esters is 1. The molecular weight excluding hydrogens is 372 g/mol. The van der Waals surface area contributed by atoms with E-state index in [1.807, 2.05) is 13.0 Å². The van der Waals surface area contributed by atoms with Gasteiger partial charge in [-0.25, -0.2) is 4.79 Å². The van der Waals surface area contributed by atoms with Gasteiger partial charge in [-0.1, -0.05) is 42.5 Å². The highest BCUT2D eigenvalue weighted by Gasteiger charge is 2.22. The Bertz CT molecular complexity index is 893. The van der Waals surface area contributed by atoms with Crippen molar-refractivity contribution >= 4 is 29.5 Å². The van der Waals surface area contributed by atoms with Crippen molar-refractivity contribution in [1.29, 1.82) is 0 Å². The molecule has 0 aromatic heterocycles. The van der Waals surface area contributed by atoms with E-state index in [2.05, 4.69) is 10.6 Å². The third-order valence-corrected chi connectivity index (χ3v) is 3.74. The molecule has 0 unspecified atom stereocenters. The fourth-order valence-corrected chi connectivity index (χ4v) is 2.41. The molecule has 0 aliphatic heterocycles. The first-order valence-corrected chi connectivity index (χ1v) is 9.18. The Labute approximate surface area is 169 Å². The lowest BCUT2D eigenvalue weighted by Gasteiger charge is -2.16. The van der Waals surface area contributed by atoms with E-state index >= 15 is 0 Å². The first-order chi connectivity index (χ1) is 13.9. The quantitative estimate of drug-likeness (QED) is 0.528. The average molecular weight is 396 g/mol. The van der Waals surface area contributed by atoms with E-state index in [4.69, 9.17) is 9.47 Å².